The van der Waals surface area contributed by atoms with Crippen LogP contribution in [-0.4, -0.2) is 0 Å². The Hall–Kier alpha value is -0.920. The highest BCUT2D eigenvalue weighted by atomic mass is 19.1. The predicted octanol–water partition coefficient (Wildman–Crippen LogP) is 2.58. The van der Waals surface area contributed by atoms with Gasteiger partial charge in [0.25, 0.3) is 0 Å². The second kappa shape index (κ2) is 2.37. The molecule has 0 aliphatic heterocycles. The molecule has 0 aromatic heterocycles. The van der Waals surface area contributed by atoms with Crippen LogP contribution in [0.3, 0.4) is 0 Å². The molecule has 1 aromatic carbocycles. The SMILES string of the molecule is Cc1cc(F)c(C)c(F)c1. The molecule has 0 unspecified atom stereocenters. The standard InChI is InChI=1S/C8H8F2/c1-5-3-7(9)6(2)8(10)4-5/h3-4H,1-2H3. The molecule has 0 bridgehead atoms. The van der Waals surface area contributed by atoms with E-state index in [4.69, 9.17) is 0 Å². The molecular weight excluding hydrogens is 134 g/mol. The largest absolute Gasteiger partial charge is 0.207 e. The Labute approximate surface area is 58.5 Å². The Balaban J connectivity index is 3.31. The molecule has 0 radical (unpaired) electrons. The van der Waals surface area contributed by atoms with E-state index in [1.54, 1.807) is 6.92 Å². The van der Waals surface area contributed by atoms with Gasteiger partial charge in [-0.15, -0.1) is 0 Å². The lowest BCUT2D eigenvalue weighted by molar-refractivity contribution is 0.566. The summed E-state index contributed by atoms with van der Waals surface area (Å²) in [5, 5.41) is 0. The van der Waals surface area contributed by atoms with E-state index in [9.17, 15) is 8.78 Å². The molecule has 0 aliphatic rings. The summed E-state index contributed by atoms with van der Waals surface area (Å²) >= 11 is 0. The van der Waals surface area contributed by atoms with Gasteiger partial charge < -0.3 is 0 Å². The van der Waals surface area contributed by atoms with Gasteiger partial charge in [0.2, 0.25) is 0 Å². The first-order valence-corrected chi connectivity index (χ1v) is 3.03. The summed E-state index contributed by atoms with van der Waals surface area (Å²) in [6.45, 7) is 3.08. The smallest absolute Gasteiger partial charge is 0.129 e. The topological polar surface area (TPSA) is 0 Å². The van der Waals surface area contributed by atoms with Crippen LogP contribution in [0.25, 0.3) is 0 Å². The van der Waals surface area contributed by atoms with E-state index >= 15 is 0 Å². The Morgan fingerprint density at radius 1 is 1.00 bits per heavy atom. The summed E-state index contributed by atoms with van der Waals surface area (Å²) in [5.41, 5.74) is 0.700. The molecular formula is C8H8F2. The molecule has 0 amide bonds. The molecule has 0 fully saturated rings. The molecule has 0 N–H and O–H groups in total. The quantitative estimate of drug-likeness (QED) is 0.522. The Bertz CT molecular complexity index is 230. The minimum Gasteiger partial charge on any atom is -0.207 e. The number of benzene rings is 1. The van der Waals surface area contributed by atoms with Gasteiger partial charge in [0.15, 0.2) is 0 Å². The van der Waals surface area contributed by atoms with Crippen LogP contribution < -0.4 is 0 Å². The molecule has 0 saturated heterocycles. The van der Waals surface area contributed by atoms with E-state index in [1.165, 1.54) is 19.1 Å². The molecule has 1 rings (SSSR count). The molecule has 0 atom stereocenters. The van der Waals surface area contributed by atoms with E-state index in [2.05, 4.69) is 0 Å². The molecule has 10 heavy (non-hydrogen) atoms. The second-order valence-corrected chi connectivity index (χ2v) is 2.35. The van der Waals surface area contributed by atoms with Gasteiger partial charge in [-0.3, -0.25) is 0 Å². The minimum atomic E-state index is -0.475. The van der Waals surface area contributed by atoms with Crippen molar-refractivity contribution in [2.45, 2.75) is 13.8 Å². The summed E-state index contributed by atoms with van der Waals surface area (Å²) in [6, 6.07) is 2.64. The predicted molar refractivity (Wildman–Crippen MR) is 35.8 cm³/mol. The average Bonchev–Trinajstić information content (AvgIpc) is 1.82. The fourth-order valence-electron chi connectivity index (χ4n) is 0.772. The molecule has 0 nitrogen and oxygen atoms in total. The van der Waals surface area contributed by atoms with Crippen LogP contribution in [0, 0.1) is 25.5 Å². The minimum absolute atomic E-state index is 0.0885. The highest BCUT2D eigenvalue weighted by molar-refractivity contribution is 5.23. The van der Waals surface area contributed by atoms with Gasteiger partial charge >= 0.3 is 0 Å². The van der Waals surface area contributed by atoms with Crippen molar-refractivity contribution in [2.75, 3.05) is 0 Å². The van der Waals surface area contributed by atoms with Crippen LogP contribution in [0.2, 0.25) is 0 Å². The van der Waals surface area contributed by atoms with Crippen LogP contribution in [0.4, 0.5) is 8.78 Å². The lowest BCUT2D eigenvalue weighted by atomic mass is 10.1. The Kier molecular flexibility index (Phi) is 1.70. The first-order valence-electron chi connectivity index (χ1n) is 3.03. The van der Waals surface area contributed by atoms with Crippen molar-refractivity contribution in [3.8, 4) is 0 Å². The summed E-state index contributed by atoms with van der Waals surface area (Å²) in [7, 11) is 0. The van der Waals surface area contributed by atoms with Crippen LogP contribution in [0.15, 0.2) is 12.1 Å². The maximum atomic E-state index is 12.6. The van der Waals surface area contributed by atoms with Crippen molar-refractivity contribution in [1.29, 1.82) is 0 Å². The molecule has 1 aromatic rings. The first kappa shape index (κ1) is 7.19. The average molecular weight is 142 g/mol. The zero-order valence-electron chi connectivity index (χ0n) is 5.91. The maximum absolute atomic E-state index is 12.6. The van der Waals surface area contributed by atoms with Crippen LogP contribution in [0.5, 0.6) is 0 Å². The third-order valence-corrected chi connectivity index (χ3v) is 1.43. The van der Waals surface area contributed by atoms with Crippen molar-refractivity contribution < 1.29 is 8.78 Å². The van der Waals surface area contributed by atoms with Crippen molar-refractivity contribution >= 4 is 0 Å². The van der Waals surface area contributed by atoms with Gasteiger partial charge in [-0.05, 0) is 31.5 Å². The normalized spacial score (nSPS) is 10.0. The van der Waals surface area contributed by atoms with E-state index in [1.807, 2.05) is 0 Å². The van der Waals surface area contributed by atoms with Crippen LogP contribution in [-0.2, 0) is 0 Å². The van der Waals surface area contributed by atoms with Gasteiger partial charge in [0.1, 0.15) is 11.6 Å². The maximum Gasteiger partial charge on any atom is 0.129 e. The highest BCUT2D eigenvalue weighted by Crippen LogP contribution is 2.12. The zero-order chi connectivity index (χ0) is 7.72. The lowest BCUT2D eigenvalue weighted by Gasteiger charge is -1.98. The molecule has 2 heteroatoms. The number of halogens is 2. The monoisotopic (exact) mass is 142 g/mol. The molecule has 54 valence electrons. The van der Waals surface area contributed by atoms with Crippen LogP contribution >= 0.6 is 0 Å². The van der Waals surface area contributed by atoms with Gasteiger partial charge in [-0.25, -0.2) is 8.78 Å². The summed E-state index contributed by atoms with van der Waals surface area (Å²) in [4.78, 5) is 0. The number of hydrogen-bond acceptors (Lipinski definition) is 0. The van der Waals surface area contributed by atoms with E-state index < -0.39 is 11.6 Å². The lowest BCUT2D eigenvalue weighted by Crippen LogP contribution is -1.88. The molecule has 0 aliphatic carbocycles. The molecule has 0 saturated carbocycles. The number of hydrogen-bond donors (Lipinski definition) is 0. The summed E-state index contributed by atoms with van der Waals surface area (Å²) < 4.78 is 25.2. The summed E-state index contributed by atoms with van der Waals surface area (Å²) in [6.07, 6.45) is 0. The highest BCUT2D eigenvalue weighted by Gasteiger charge is 2.02. The van der Waals surface area contributed by atoms with E-state index in [0.29, 0.717) is 5.56 Å². The third-order valence-electron chi connectivity index (χ3n) is 1.43. The zero-order valence-corrected chi connectivity index (χ0v) is 5.91. The molecule has 0 heterocycles. The van der Waals surface area contributed by atoms with Gasteiger partial charge in [0, 0.05) is 5.56 Å². The first-order chi connectivity index (χ1) is 4.61. The second-order valence-electron chi connectivity index (χ2n) is 2.35. The number of aryl methyl sites for hydroxylation is 1. The van der Waals surface area contributed by atoms with Crippen LogP contribution in [0.1, 0.15) is 11.1 Å². The van der Waals surface area contributed by atoms with E-state index in [0.717, 1.165) is 0 Å². The Morgan fingerprint density at radius 3 is 1.80 bits per heavy atom. The fourth-order valence-corrected chi connectivity index (χ4v) is 0.772. The Morgan fingerprint density at radius 2 is 1.40 bits per heavy atom. The third kappa shape index (κ3) is 1.15. The molecule has 0 spiro atoms. The van der Waals surface area contributed by atoms with E-state index in [-0.39, 0.29) is 5.56 Å². The van der Waals surface area contributed by atoms with Crippen molar-refractivity contribution in [1.82, 2.24) is 0 Å². The van der Waals surface area contributed by atoms with Gasteiger partial charge in [-0.2, -0.15) is 0 Å². The van der Waals surface area contributed by atoms with Gasteiger partial charge in [0.05, 0.1) is 0 Å². The fraction of sp³-hybridized carbons (Fsp3) is 0.250. The van der Waals surface area contributed by atoms with Crippen molar-refractivity contribution in [3.63, 3.8) is 0 Å². The van der Waals surface area contributed by atoms with Crippen molar-refractivity contribution in [3.05, 3.63) is 34.9 Å². The van der Waals surface area contributed by atoms with Gasteiger partial charge in [-0.1, -0.05) is 0 Å². The summed E-state index contributed by atoms with van der Waals surface area (Å²) in [5.74, 6) is -0.949. The van der Waals surface area contributed by atoms with Crippen molar-refractivity contribution in [2.24, 2.45) is 0 Å². The number of rotatable bonds is 0.